The molecule has 0 radical (unpaired) electrons. The quantitative estimate of drug-likeness (QED) is 0.795. The summed E-state index contributed by atoms with van der Waals surface area (Å²) < 4.78 is 0. The Hall–Kier alpha value is -3.61. The van der Waals surface area contributed by atoms with Crippen LogP contribution < -0.4 is 16.4 Å². The molecule has 4 rings (SSSR count). The highest BCUT2D eigenvalue weighted by molar-refractivity contribution is 6.06. The molecule has 0 saturated carbocycles. The third-order valence-electron chi connectivity index (χ3n) is 4.00. The number of amidine groups is 1. The summed E-state index contributed by atoms with van der Waals surface area (Å²) in [6.07, 6.45) is 5.18. The monoisotopic (exact) mass is 332 g/mol. The number of aromatic nitrogens is 1. The fourth-order valence-corrected chi connectivity index (χ4v) is 2.78. The molecule has 7 heteroatoms. The number of amides is 1. The van der Waals surface area contributed by atoms with Gasteiger partial charge in [0.25, 0.3) is 5.91 Å². The molecule has 1 aromatic carbocycles. The average molecular weight is 332 g/mol. The second kappa shape index (κ2) is 6.12. The fourth-order valence-electron chi connectivity index (χ4n) is 2.78. The Morgan fingerprint density at radius 3 is 2.80 bits per heavy atom. The smallest absolute Gasteiger partial charge is 0.256 e. The Morgan fingerprint density at radius 1 is 1.20 bits per heavy atom. The molecule has 0 bridgehead atoms. The lowest BCUT2D eigenvalue weighted by molar-refractivity contribution is 0.102. The van der Waals surface area contributed by atoms with Crippen LogP contribution in [0.15, 0.2) is 71.8 Å². The van der Waals surface area contributed by atoms with Crippen molar-refractivity contribution >= 4 is 23.3 Å². The van der Waals surface area contributed by atoms with Crippen LogP contribution in [0.3, 0.4) is 0 Å². The van der Waals surface area contributed by atoms with Crippen LogP contribution in [-0.2, 0) is 0 Å². The minimum atomic E-state index is -0.203. The van der Waals surface area contributed by atoms with Gasteiger partial charge in [0.1, 0.15) is 17.4 Å². The maximum atomic E-state index is 12.3. The zero-order chi connectivity index (χ0) is 17.2. The van der Waals surface area contributed by atoms with Crippen LogP contribution in [0.4, 0.5) is 5.82 Å². The predicted molar refractivity (Wildman–Crippen MR) is 96.2 cm³/mol. The summed E-state index contributed by atoms with van der Waals surface area (Å²) in [6, 6.07) is 12.7. The third-order valence-corrected chi connectivity index (χ3v) is 4.00. The molecule has 124 valence electrons. The van der Waals surface area contributed by atoms with Crippen molar-refractivity contribution in [3.8, 4) is 0 Å². The van der Waals surface area contributed by atoms with Crippen molar-refractivity contribution in [1.29, 1.82) is 0 Å². The number of hydrogen-bond donors (Lipinski definition) is 3. The van der Waals surface area contributed by atoms with Crippen LogP contribution in [0, 0.1) is 0 Å². The highest BCUT2D eigenvalue weighted by Crippen LogP contribution is 2.26. The number of fused-ring (bicyclic) bond motifs is 1. The number of rotatable bonds is 3. The zero-order valence-electron chi connectivity index (χ0n) is 13.3. The lowest BCUT2D eigenvalue weighted by Crippen LogP contribution is -2.28. The minimum Gasteiger partial charge on any atom is -0.382 e. The molecular weight excluding hydrogens is 316 g/mol. The van der Waals surface area contributed by atoms with Gasteiger partial charge in [-0.1, -0.05) is 18.2 Å². The maximum absolute atomic E-state index is 12.3. The lowest BCUT2D eigenvalue weighted by Gasteiger charge is -2.18. The Labute approximate surface area is 144 Å². The maximum Gasteiger partial charge on any atom is 0.256 e. The van der Waals surface area contributed by atoms with Crippen LogP contribution in [0.25, 0.3) is 5.70 Å². The van der Waals surface area contributed by atoms with Crippen LogP contribution in [-0.4, -0.2) is 28.3 Å². The van der Waals surface area contributed by atoms with Gasteiger partial charge in [0.15, 0.2) is 0 Å². The molecule has 2 aliphatic rings. The number of nitrogens with one attached hydrogen (secondary N) is 2. The molecule has 1 amide bonds. The first-order valence-corrected chi connectivity index (χ1v) is 7.80. The number of benzene rings is 1. The van der Waals surface area contributed by atoms with Crippen molar-refractivity contribution in [3.05, 3.63) is 77.9 Å². The van der Waals surface area contributed by atoms with E-state index in [1.165, 1.54) is 0 Å². The fraction of sp³-hybridized carbons (Fsp3) is 0.0556. The van der Waals surface area contributed by atoms with Gasteiger partial charge in [0, 0.05) is 24.2 Å². The summed E-state index contributed by atoms with van der Waals surface area (Å²) in [4.78, 5) is 22.5. The molecule has 0 fully saturated rings. The number of nitrogens with two attached hydrogens (primary N) is 1. The van der Waals surface area contributed by atoms with E-state index in [9.17, 15) is 4.79 Å². The average Bonchev–Trinajstić information content (AvgIpc) is 3.08. The summed E-state index contributed by atoms with van der Waals surface area (Å²) in [5.41, 5.74) is 9.26. The highest BCUT2D eigenvalue weighted by Gasteiger charge is 2.26. The van der Waals surface area contributed by atoms with Gasteiger partial charge >= 0.3 is 0 Å². The Morgan fingerprint density at radius 2 is 2.04 bits per heavy atom. The van der Waals surface area contributed by atoms with Crippen molar-refractivity contribution in [1.82, 2.24) is 15.2 Å². The van der Waals surface area contributed by atoms with E-state index in [1.54, 1.807) is 36.7 Å². The summed E-state index contributed by atoms with van der Waals surface area (Å²) in [7, 11) is 0. The molecule has 1 aromatic heterocycles. The summed E-state index contributed by atoms with van der Waals surface area (Å²) >= 11 is 0. The van der Waals surface area contributed by atoms with Crippen LogP contribution in [0.2, 0.25) is 0 Å². The van der Waals surface area contributed by atoms with Gasteiger partial charge < -0.3 is 21.3 Å². The van der Waals surface area contributed by atoms with Crippen LogP contribution >= 0.6 is 0 Å². The van der Waals surface area contributed by atoms with Crippen molar-refractivity contribution in [2.24, 2.45) is 10.7 Å². The van der Waals surface area contributed by atoms with Crippen LogP contribution in [0.5, 0.6) is 0 Å². The molecule has 0 unspecified atom stereocenters. The number of carbonyl (C=O) groups is 1. The van der Waals surface area contributed by atoms with E-state index in [0.717, 1.165) is 17.0 Å². The van der Waals surface area contributed by atoms with Gasteiger partial charge in [0.05, 0.1) is 12.4 Å². The van der Waals surface area contributed by atoms with Gasteiger partial charge in [-0.05, 0) is 29.8 Å². The van der Waals surface area contributed by atoms with Gasteiger partial charge in [0.2, 0.25) is 0 Å². The summed E-state index contributed by atoms with van der Waals surface area (Å²) in [5, 5.41) is 6.08. The number of pyridine rings is 1. The third kappa shape index (κ3) is 2.83. The van der Waals surface area contributed by atoms with Crippen molar-refractivity contribution in [2.75, 3.05) is 12.0 Å². The largest absolute Gasteiger partial charge is 0.382 e. The van der Waals surface area contributed by atoms with Gasteiger partial charge in [-0.3, -0.25) is 4.79 Å². The molecule has 0 aliphatic carbocycles. The molecule has 0 spiro atoms. The number of aliphatic imine (C=N–C) groups is 1. The van der Waals surface area contributed by atoms with E-state index in [2.05, 4.69) is 20.6 Å². The molecule has 0 atom stereocenters. The van der Waals surface area contributed by atoms with E-state index in [0.29, 0.717) is 23.9 Å². The van der Waals surface area contributed by atoms with Crippen molar-refractivity contribution in [3.63, 3.8) is 0 Å². The van der Waals surface area contributed by atoms with E-state index in [4.69, 9.17) is 5.73 Å². The summed E-state index contributed by atoms with van der Waals surface area (Å²) in [5.74, 6) is 0.789. The molecular formula is C18H16N6O. The second-order valence-corrected chi connectivity index (χ2v) is 5.59. The Bertz CT molecular complexity index is 899. The molecule has 0 saturated heterocycles. The van der Waals surface area contributed by atoms with Gasteiger partial charge in [-0.25, -0.2) is 9.98 Å². The summed E-state index contributed by atoms with van der Waals surface area (Å²) in [6.45, 7) is 0.638. The topological polar surface area (TPSA) is 95.6 Å². The van der Waals surface area contributed by atoms with Gasteiger partial charge in [-0.2, -0.15) is 0 Å². The standard InChI is InChI=1S/C18H16N6O/c19-17-16-15(22-11-24(16)10-9-21-17)12-4-6-13(7-5-12)18(25)23-14-3-1-2-8-20-14/h1-10,22H,11H2,(H2,19,21)(H,20,23,25). The van der Waals surface area contributed by atoms with E-state index < -0.39 is 0 Å². The van der Waals surface area contributed by atoms with E-state index >= 15 is 0 Å². The van der Waals surface area contributed by atoms with Crippen molar-refractivity contribution in [2.45, 2.75) is 0 Å². The molecule has 25 heavy (non-hydrogen) atoms. The van der Waals surface area contributed by atoms with Crippen LogP contribution in [0.1, 0.15) is 15.9 Å². The SMILES string of the molecule is NC1=NC=CN2CNC(c3ccc(C(=O)Nc4ccccn4)cc3)=C12. The molecule has 3 heterocycles. The minimum absolute atomic E-state index is 0.203. The first-order valence-electron chi connectivity index (χ1n) is 7.80. The number of carbonyl (C=O) groups excluding carboxylic acids is 1. The van der Waals surface area contributed by atoms with Gasteiger partial charge in [-0.15, -0.1) is 0 Å². The lowest BCUT2D eigenvalue weighted by atomic mass is 10.1. The second-order valence-electron chi connectivity index (χ2n) is 5.59. The van der Waals surface area contributed by atoms with Crippen molar-refractivity contribution < 1.29 is 4.79 Å². The normalized spacial score (nSPS) is 15.5. The highest BCUT2D eigenvalue weighted by atomic mass is 16.1. The predicted octanol–water partition coefficient (Wildman–Crippen LogP) is 1.71. The number of anilines is 1. The Kier molecular flexibility index (Phi) is 3.66. The molecule has 4 N–H and O–H groups in total. The number of nitrogens with zero attached hydrogens (tertiary/aromatic N) is 3. The zero-order valence-corrected chi connectivity index (χ0v) is 13.3. The first-order chi connectivity index (χ1) is 12.2. The first kappa shape index (κ1) is 14.9. The van der Waals surface area contributed by atoms with E-state index in [-0.39, 0.29) is 5.91 Å². The Balaban J connectivity index is 1.57. The molecule has 2 aromatic rings. The van der Waals surface area contributed by atoms with E-state index in [1.807, 2.05) is 29.3 Å². The molecule has 7 nitrogen and oxygen atoms in total. The number of hydrogen-bond acceptors (Lipinski definition) is 6. The molecule has 2 aliphatic heterocycles.